The molecule has 8 nitrogen and oxygen atoms in total. The average Bonchev–Trinajstić information content (AvgIpc) is 2.98. The van der Waals surface area contributed by atoms with E-state index in [9.17, 15) is 14.9 Å². The smallest absolute Gasteiger partial charge is 0.276 e. The topological polar surface area (TPSA) is 91.1 Å². The molecule has 2 aromatic carbocycles. The van der Waals surface area contributed by atoms with Crippen molar-refractivity contribution in [1.29, 1.82) is 0 Å². The molecule has 0 aliphatic carbocycles. The molecule has 0 saturated carbocycles. The Morgan fingerprint density at radius 3 is 2.44 bits per heavy atom. The number of anilines is 2. The van der Waals surface area contributed by atoms with E-state index < -0.39 is 4.92 Å². The number of hydrogen-bond acceptors (Lipinski definition) is 6. The number of hydrogen-bond donors (Lipinski definition) is 1. The second kappa shape index (κ2) is 6.71. The van der Waals surface area contributed by atoms with Crippen molar-refractivity contribution >= 4 is 28.7 Å². The van der Waals surface area contributed by atoms with Crippen LogP contribution in [0, 0.1) is 17.0 Å². The number of rotatable bonds is 3. The van der Waals surface area contributed by atoms with Gasteiger partial charge in [0.05, 0.1) is 23.7 Å². The molecule has 0 bridgehead atoms. The van der Waals surface area contributed by atoms with Crippen LogP contribution in [0.3, 0.4) is 0 Å². The summed E-state index contributed by atoms with van der Waals surface area (Å²) in [5, 5.41) is 20.1. The molecule has 1 N–H and O–H groups in total. The van der Waals surface area contributed by atoms with E-state index in [1.165, 1.54) is 23.4 Å². The fourth-order valence-corrected chi connectivity index (χ4v) is 3.30. The monoisotopic (exact) mass is 365 g/mol. The zero-order valence-corrected chi connectivity index (χ0v) is 14.9. The van der Waals surface area contributed by atoms with Crippen LogP contribution in [0.15, 0.2) is 47.6 Å². The summed E-state index contributed by atoms with van der Waals surface area (Å²) in [7, 11) is 0. The van der Waals surface area contributed by atoms with Gasteiger partial charge in [-0.15, -0.1) is 0 Å². The van der Waals surface area contributed by atoms with Crippen molar-refractivity contribution < 1.29 is 9.72 Å². The number of carbonyl (C=O) groups excluding carboxylic acids is 1. The van der Waals surface area contributed by atoms with Crippen molar-refractivity contribution in [3.63, 3.8) is 0 Å². The highest BCUT2D eigenvalue weighted by Gasteiger charge is 2.29. The van der Waals surface area contributed by atoms with Gasteiger partial charge in [-0.05, 0) is 25.1 Å². The second-order valence-corrected chi connectivity index (χ2v) is 6.67. The van der Waals surface area contributed by atoms with Crippen LogP contribution < -0.4 is 10.2 Å². The van der Waals surface area contributed by atoms with E-state index in [-0.39, 0.29) is 17.3 Å². The predicted octanol–water partition coefficient (Wildman–Crippen LogP) is 2.38. The lowest BCUT2D eigenvalue weighted by atomic mass is 10.1. The number of nitrogens with one attached hydrogen (secondary N) is 1. The van der Waals surface area contributed by atoms with E-state index in [0.29, 0.717) is 24.3 Å². The van der Waals surface area contributed by atoms with Gasteiger partial charge < -0.3 is 10.2 Å². The normalized spacial score (nSPS) is 17.8. The van der Waals surface area contributed by atoms with Crippen molar-refractivity contribution in [2.75, 3.05) is 36.4 Å². The second-order valence-electron chi connectivity index (χ2n) is 6.67. The average molecular weight is 365 g/mol. The first-order valence-electron chi connectivity index (χ1n) is 8.76. The van der Waals surface area contributed by atoms with Crippen LogP contribution >= 0.6 is 0 Å². The molecule has 0 radical (unpaired) electrons. The number of nitro benzene ring substituents is 1. The zero-order chi connectivity index (χ0) is 19.0. The van der Waals surface area contributed by atoms with Crippen molar-refractivity contribution in [1.82, 2.24) is 5.01 Å². The number of aryl methyl sites for hydroxylation is 1. The fourth-order valence-electron chi connectivity index (χ4n) is 3.30. The fraction of sp³-hybridized carbons (Fsp3) is 0.263. The van der Waals surface area contributed by atoms with E-state index in [4.69, 9.17) is 0 Å². The number of piperazine rings is 1. The lowest BCUT2D eigenvalue weighted by Crippen LogP contribution is -2.44. The number of nitrogens with zero attached hydrogens (tertiary/aromatic N) is 4. The lowest BCUT2D eigenvalue weighted by molar-refractivity contribution is -0.384. The molecule has 0 spiro atoms. The van der Waals surface area contributed by atoms with Crippen molar-refractivity contribution in [2.24, 2.45) is 5.10 Å². The Kier molecular flexibility index (Phi) is 4.23. The van der Waals surface area contributed by atoms with Gasteiger partial charge in [-0.2, -0.15) is 5.10 Å². The Balaban J connectivity index is 1.51. The third-order valence-electron chi connectivity index (χ3n) is 4.83. The standard InChI is InChI=1S/C19H19N5O3/c1-13-2-4-14(5-3-13)22-8-10-23(11-9-22)21-18-16-12-15(24(26)27)6-7-17(16)20-19(18)25/h2-7,12H,8-11H2,1H3,(H,20,21,25). The van der Waals surface area contributed by atoms with Crippen LogP contribution in [-0.4, -0.2) is 47.7 Å². The van der Waals surface area contributed by atoms with Crippen molar-refractivity contribution in [2.45, 2.75) is 6.92 Å². The molecule has 2 aromatic rings. The van der Waals surface area contributed by atoms with Gasteiger partial charge in [-0.1, -0.05) is 17.7 Å². The Morgan fingerprint density at radius 1 is 1.07 bits per heavy atom. The number of carbonyl (C=O) groups is 1. The zero-order valence-electron chi connectivity index (χ0n) is 14.9. The summed E-state index contributed by atoms with van der Waals surface area (Å²) < 4.78 is 0. The molecule has 0 unspecified atom stereocenters. The molecule has 4 rings (SSSR count). The molecular formula is C19H19N5O3. The summed E-state index contributed by atoms with van der Waals surface area (Å²) in [5.74, 6) is -0.327. The first-order valence-corrected chi connectivity index (χ1v) is 8.76. The summed E-state index contributed by atoms with van der Waals surface area (Å²) in [6.45, 7) is 5.00. The minimum absolute atomic E-state index is 0.0536. The van der Waals surface area contributed by atoms with Gasteiger partial charge in [0.2, 0.25) is 0 Å². The first kappa shape index (κ1) is 17.0. The van der Waals surface area contributed by atoms with E-state index in [0.717, 1.165) is 13.1 Å². The van der Waals surface area contributed by atoms with Gasteiger partial charge in [-0.3, -0.25) is 19.9 Å². The predicted molar refractivity (Wildman–Crippen MR) is 103 cm³/mol. The summed E-state index contributed by atoms with van der Waals surface area (Å²) >= 11 is 0. The van der Waals surface area contributed by atoms with Gasteiger partial charge in [0, 0.05) is 36.5 Å². The SMILES string of the molecule is Cc1ccc(N2CCN(/N=C3\C(=O)Nc4ccc([N+](=O)[O-])cc43)CC2)cc1. The molecule has 2 heterocycles. The van der Waals surface area contributed by atoms with E-state index in [1.807, 2.05) is 5.01 Å². The molecule has 27 heavy (non-hydrogen) atoms. The Morgan fingerprint density at radius 2 is 1.78 bits per heavy atom. The van der Waals surface area contributed by atoms with Crippen LogP contribution in [0.5, 0.6) is 0 Å². The maximum absolute atomic E-state index is 12.3. The molecule has 8 heteroatoms. The van der Waals surface area contributed by atoms with Gasteiger partial charge in [-0.25, -0.2) is 0 Å². The quantitative estimate of drug-likeness (QED) is 0.666. The molecule has 1 fully saturated rings. The van der Waals surface area contributed by atoms with Crippen LogP contribution in [-0.2, 0) is 4.79 Å². The largest absolute Gasteiger partial charge is 0.368 e. The molecule has 0 atom stereocenters. The Hall–Kier alpha value is -3.42. The van der Waals surface area contributed by atoms with Crippen molar-refractivity contribution in [3.8, 4) is 0 Å². The highest BCUT2D eigenvalue weighted by molar-refractivity contribution is 6.53. The number of benzene rings is 2. The number of nitro groups is 1. The van der Waals surface area contributed by atoms with E-state index in [2.05, 4.69) is 46.5 Å². The summed E-state index contributed by atoms with van der Waals surface area (Å²) in [6, 6.07) is 12.7. The summed E-state index contributed by atoms with van der Waals surface area (Å²) in [5.41, 5.74) is 3.62. The third kappa shape index (κ3) is 3.33. The third-order valence-corrected chi connectivity index (χ3v) is 4.83. The van der Waals surface area contributed by atoms with Crippen molar-refractivity contribution in [3.05, 3.63) is 63.7 Å². The van der Waals surface area contributed by atoms with Gasteiger partial charge in [0.25, 0.3) is 11.6 Å². The molecule has 138 valence electrons. The molecule has 1 amide bonds. The van der Waals surface area contributed by atoms with Gasteiger partial charge in [0.1, 0.15) is 0 Å². The molecular weight excluding hydrogens is 346 g/mol. The highest BCUT2D eigenvalue weighted by Crippen LogP contribution is 2.28. The molecule has 2 aliphatic heterocycles. The van der Waals surface area contributed by atoms with E-state index >= 15 is 0 Å². The van der Waals surface area contributed by atoms with Gasteiger partial charge >= 0.3 is 0 Å². The van der Waals surface area contributed by atoms with Crippen LogP contribution in [0.25, 0.3) is 0 Å². The van der Waals surface area contributed by atoms with Gasteiger partial charge in [0.15, 0.2) is 5.71 Å². The summed E-state index contributed by atoms with van der Waals surface area (Å²) in [4.78, 5) is 25.1. The Bertz CT molecular complexity index is 931. The highest BCUT2D eigenvalue weighted by atomic mass is 16.6. The van der Waals surface area contributed by atoms with E-state index in [1.54, 1.807) is 6.07 Å². The van der Waals surface area contributed by atoms with Crippen LogP contribution in [0.1, 0.15) is 11.1 Å². The number of amides is 1. The molecule has 0 aromatic heterocycles. The summed E-state index contributed by atoms with van der Waals surface area (Å²) in [6.07, 6.45) is 0. The molecule has 1 saturated heterocycles. The molecule has 2 aliphatic rings. The van der Waals surface area contributed by atoms with Crippen LogP contribution in [0.2, 0.25) is 0 Å². The maximum Gasteiger partial charge on any atom is 0.276 e. The number of non-ortho nitro benzene ring substituents is 1. The minimum atomic E-state index is -0.471. The lowest BCUT2D eigenvalue weighted by Gasteiger charge is -2.34. The van der Waals surface area contributed by atoms with Crippen LogP contribution in [0.4, 0.5) is 17.1 Å². The number of fused-ring (bicyclic) bond motifs is 1. The maximum atomic E-state index is 12.3. The first-order chi connectivity index (χ1) is 13.0. The Labute approximate surface area is 156 Å². The minimum Gasteiger partial charge on any atom is -0.368 e. The number of hydrazone groups is 1.